The lowest BCUT2D eigenvalue weighted by Crippen LogP contribution is -2.39. The van der Waals surface area contributed by atoms with E-state index in [9.17, 15) is 0 Å². The molecule has 0 spiro atoms. The van der Waals surface area contributed by atoms with E-state index in [1.165, 1.54) is 5.56 Å². The van der Waals surface area contributed by atoms with Crippen molar-refractivity contribution in [2.24, 2.45) is 4.99 Å². The van der Waals surface area contributed by atoms with Crippen LogP contribution in [0.15, 0.2) is 47.5 Å². The predicted molar refractivity (Wildman–Crippen MR) is 112 cm³/mol. The standard InChI is InChI=1S/C22H29N3O3/c1-23-22(25-11-10-18(15-25)17-8-6-5-7-9-17)24-14-16-12-19(26-2)21(28-4)20(13-16)27-3/h5-9,12-13,18H,10-11,14-15H2,1-4H3,(H,23,24). The van der Waals surface area contributed by atoms with Gasteiger partial charge in [-0.1, -0.05) is 30.3 Å². The fraction of sp³-hybridized carbons (Fsp3) is 0.409. The second kappa shape index (κ2) is 9.35. The molecule has 1 heterocycles. The fourth-order valence-corrected chi connectivity index (χ4v) is 3.70. The van der Waals surface area contributed by atoms with E-state index < -0.39 is 0 Å². The molecule has 1 fully saturated rings. The summed E-state index contributed by atoms with van der Waals surface area (Å²) < 4.78 is 16.3. The molecule has 1 N–H and O–H groups in total. The van der Waals surface area contributed by atoms with Crippen molar-refractivity contribution in [3.05, 3.63) is 53.6 Å². The first-order valence-electron chi connectivity index (χ1n) is 9.49. The third-order valence-electron chi connectivity index (χ3n) is 5.15. The van der Waals surface area contributed by atoms with Gasteiger partial charge in [0.1, 0.15) is 0 Å². The largest absolute Gasteiger partial charge is 0.493 e. The normalized spacial score (nSPS) is 16.8. The van der Waals surface area contributed by atoms with Crippen LogP contribution < -0.4 is 19.5 Å². The van der Waals surface area contributed by atoms with Gasteiger partial charge in [-0.3, -0.25) is 4.99 Å². The number of nitrogens with zero attached hydrogens (tertiary/aromatic N) is 2. The van der Waals surface area contributed by atoms with Crippen molar-refractivity contribution in [1.29, 1.82) is 0 Å². The van der Waals surface area contributed by atoms with Crippen LogP contribution in [0.1, 0.15) is 23.5 Å². The summed E-state index contributed by atoms with van der Waals surface area (Å²) in [5.74, 6) is 3.36. The minimum absolute atomic E-state index is 0.543. The van der Waals surface area contributed by atoms with Gasteiger partial charge in [0, 0.05) is 32.6 Å². The highest BCUT2D eigenvalue weighted by Gasteiger charge is 2.26. The van der Waals surface area contributed by atoms with Crippen molar-refractivity contribution in [2.45, 2.75) is 18.9 Å². The van der Waals surface area contributed by atoms with Crippen molar-refractivity contribution in [3.63, 3.8) is 0 Å². The highest BCUT2D eigenvalue weighted by Crippen LogP contribution is 2.38. The van der Waals surface area contributed by atoms with Gasteiger partial charge >= 0.3 is 0 Å². The Morgan fingerprint density at radius 3 is 2.32 bits per heavy atom. The van der Waals surface area contributed by atoms with E-state index in [1.807, 2.05) is 19.2 Å². The van der Waals surface area contributed by atoms with Gasteiger partial charge in [0.15, 0.2) is 17.5 Å². The monoisotopic (exact) mass is 383 g/mol. The molecule has 1 unspecified atom stereocenters. The van der Waals surface area contributed by atoms with E-state index in [0.717, 1.165) is 31.0 Å². The van der Waals surface area contributed by atoms with Gasteiger partial charge in [-0.05, 0) is 29.7 Å². The van der Waals surface area contributed by atoms with Crippen molar-refractivity contribution in [3.8, 4) is 17.2 Å². The molecule has 1 saturated heterocycles. The van der Waals surface area contributed by atoms with Crippen LogP contribution in [0, 0.1) is 0 Å². The quantitative estimate of drug-likeness (QED) is 0.613. The lowest BCUT2D eigenvalue weighted by Gasteiger charge is -2.22. The number of guanidine groups is 1. The number of aliphatic imine (C=N–C) groups is 1. The van der Waals surface area contributed by atoms with E-state index in [4.69, 9.17) is 14.2 Å². The van der Waals surface area contributed by atoms with Crippen molar-refractivity contribution in [2.75, 3.05) is 41.5 Å². The third kappa shape index (κ3) is 4.32. The molecule has 3 rings (SSSR count). The molecular formula is C22H29N3O3. The third-order valence-corrected chi connectivity index (χ3v) is 5.15. The lowest BCUT2D eigenvalue weighted by atomic mass is 9.99. The van der Waals surface area contributed by atoms with Gasteiger partial charge in [0.05, 0.1) is 21.3 Å². The molecule has 6 heteroatoms. The van der Waals surface area contributed by atoms with E-state index >= 15 is 0 Å². The highest BCUT2D eigenvalue weighted by atomic mass is 16.5. The molecular weight excluding hydrogens is 354 g/mol. The molecule has 0 radical (unpaired) electrons. The van der Waals surface area contributed by atoms with Crippen LogP contribution in [-0.2, 0) is 6.54 Å². The van der Waals surface area contributed by atoms with Gasteiger partial charge in [0.25, 0.3) is 0 Å². The van der Waals surface area contributed by atoms with E-state index in [1.54, 1.807) is 21.3 Å². The number of likely N-dealkylation sites (tertiary alicyclic amines) is 1. The van der Waals surface area contributed by atoms with Crippen molar-refractivity contribution >= 4 is 5.96 Å². The minimum Gasteiger partial charge on any atom is -0.493 e. The number of benzene rings is 2. The maximum absolute atomic E-state index is 5.44. The molecule has 0 bridgehead atoms. The SMILES string of the molecule is CN=C(NCc1cc(OC)c(OC)c(OC)c1)N1CCC(c2ccccc2)C1. The summed E-state index contributed by atoms with van der Waals surface area (Å²) >= 11 is 0. The molecule has 1 atom stereocenters. The van der Waals surface area contributed by atoms with Crippen molar-refractivity contribution < 1.29 is 14.2 Å². The van der Waals surface area contributed by atoms with Crippen LogP contribution in [-0.4, -0.2) is 52.3 Å². The zero-order valence-electron chi connectivity index (χ0n) is 17.1. The Labute approximate surface area is 167 Å². The Bertz CT molecular complexity index is 783. The second-order valence-corrected chi connectivity index (χ2v) is 6.78. The number of rotatable bonds is 6. The van der Waals surface area contributed by atoms with Crippen molar-refractivity contribution in [1.82, 2.24) is 10.2 Å². The predicted octanol–water partition coefficient (Wildman–Crippen LogP) is 3.28. The Hall–Kier alpha value is -2.89. The highest BCUT2D eigenvalue weighted by molar-refractivity contribution is 5.80. The van der Waals surface area contributed by atoms with Crippen LogP contribution in [0.5, 0.6) is 17.2 Å². The maximum atomic E-state index is 5.44. The summed E-state index contributed by atoms with van der Waals surface area (Å²) in [6, 6.07) is 14.6. The Kier molecular flexibility index (Phi) is 6.63. The first-order chi connectivity index (χ1) is 13.7. The molecule has 1 aliphatic rings. The molecule has 6 nitrogen and oxygen atoms in total. The molecule has 0 saturated carbocycles. The van der Waals surface area contributed by atoms with Crippen LogP contribution in [0.3, 0.4) is 0 Å². The molecule has 1 aliphatic heterocycles. The number of nitrogens with one attached hydrogen (secondary N) is 1. The average molecular weight is 383 g/mol. The first kappa shape index (κ1) is 19.9. The van der Waals surface area contributed by atoms with E-state index in [0.29, 0.717) is 29.7 Å². The average Bonchev–Trinajstić information content (AvgIpc) is 3.24. The van der Waals surface area contributed by atoms with E-state index in [2.05, 4.69) is 45.5 Å². The van der Waals surface area contributed by atoms with Gasteiger partial charge in [-0.15, -0.1) is 0 Å². The molecule has 2 aromatic carbocycles. The Morgan fingerprint density at radius 2 is 1.75 bits per heavy atom. The smallest absolute Gasteiger partial charge is 0.203 e. The van der Waals surface area contributed by atoms with Crippen LogP contribution in [0.4, 0.5) is 0 Å². The number of hydrogen-bond acceptors (Lipinski definition) is 4. The Morgan fingerprint density at radius 1 is 1.07 bits per heavy atom. The topological polar surface area (TPSA) is 55.3 Å². The zero-order chi connectivity index (χ0) is 19.9. The molecule has 150 valence electrons. The number of ether oxygens (including phenoxy) is 3. The van der Waals surface area contributed by atoms with Gasteiger partial charge in [-0.2, -0.15) is 0 Å². The van der Waals surface area contributed by atoms with E-state index in [-0.39, 0.29) is 0 Å². The summed E-state index contributed by atoms with van der Waals surface area (Å²) in [7, 11) is 6.69. The van der Waals surface area contributed by atoms with Crippen LogP contribution >= 0.6 is 0 Å². The zero-order valence-corrected chi connectivity index (χ0v) is 17.1. The lowest BCUT2D eigenvalue weighted by molar-refractivity contribution is 0.323. The summed E-state index contributed by atoms with van der Waals surface area (Å²) in [4.78, 5) is 6.79. The fourth-order valence-electron chi connectivity index (χ4n) is 3.70. The molecule has 0 amide bonds. The summed E-state index contributed by atoms with van der Waals surface area (Å²) in [5, 5.41) is 3.46. The van der Waals surface area contributed by atoms with Gasteiger partial charge in [-0.25, -0.2) is 0 Å². The second-order valence-electron chi connectivity index (χ2n) is 6.78. The maximum Gasteiger partial charge on any atom is 0.203 e. The summed E-state index contributed by atoms with van der Waals surface area (Å²) in [5.41, 5.74) is 2.43. The van der Waals surface area contributed by atoms with Crippen LogP contribution in [0.25, 0.3) is 0 Å². The molecule has 2 aromatic rings. The minimum atomic E-state index is 0.543. The molecule has 0 aromatic heterocycles. The Balaban J connectivity index is 1.66. The van der Waals surface area contributed by atoms with Crippen LogP contribution in [0.2, 0.25) is 0 Å². The summed E-state index contributed by atoms with van der Waals surface area (Å²) in [6.45, 7) is 2.59. The number of methoxy groups -OCH3 is 3. The summed E-state index contributed by atoms with van der Waals surface area (Å²) in [6.07, 6.45) is 1.13. The van der Waals surface area contributed by atoms with Gasteiger partial charge in [0.2, 0.25) is 5.75 Å². The van der Waals surface area contributed by atoms with Gasteiger partial charge < -0.3 is 24.4 Å². The first-order valence-corrected chi connectivity index (χ1v) is 9.49. The molecule has 28 heavy (non-hydrogen) atoms. The molecule has 0 aliphatic carbocycles. The number of hydrogen-bond donors (Lipinski definition) is 1.